The number of hydrogen-bond donors (Lipinski definition) is 4. The molecule has 0 aromatic carbocycles. The number of esters is 1. The first-order chi connectivity index (χ1) is 6.93. The van der Waals surface area contributed by atoms with Crippen molar-refractivity contribution < 1.29 is 29.6 Å². The summed E-state index contributed by atoms with van der Waals surface area (Å²) in [7, 11) is 0. The monoisotopic (exact) mass is 221 g/mol. The summed E-state index contributed by atoms with van der Waals surface area (Å²) in [5.41, 5.74) is 5.34. The predicted molar refractivity (Wildman–Crippen MR) is 47.5 cm³/mol. The molecule has 0 spiro atoms. The lowest BCUT2D eigenvalue weighted by atomic mass is 9.98. The second-order valence-corrected chi connectivity index (χ2v) is 3.43. The molecule has 0 aromatic heterocycles. The van der Waals surface area contributed by atoms with E-state index < -0.39 is 36.6 Å². The molecule has 88 valence electrons. The Morgan fingerprint density at radius 2 is 2.00 bits per heavy atom. The third-order valence-corrected chi connectivity index (χ3v) is 2.22. The zero-order valence-electron chi connectivity index (χ0n) is 8.24. The number of carbonyl (C=O) groups excluding carboxylic acids is 1. The van der Waals surface area contributed by atoms with Gasteiger partial charge in [0.05, 0.1) is 6.04 Å². The average Bonchev–Trinajstić information content (AvgIpc) is 2.18. The van der Waals surface area contributed by atoms with E-state index in [1.807, 2.05) is 0 Å². The Bertz CT molecular complexity index is 235. The van der Waals surface area contributed by atoms with Gasteiger partial charge in [-0.25, -0.2) is 0 Å². The summed E-state index contributed by atoms with van der Waals surface area (Å²) in [6.45, 7) is 0.963. The quantitative estimate of drug-likeness (QED) is 0.375. The van der Waals surface area contributed by atoms with E-state index in [-0.39, 0.29) is 6.61 Å². The first kappa shape index (κ1) is 12.3. The number of ether oxygens (including phenoxy) is 2. The van der Waals surface area contributed by atoms with Crippen LogP contribution in [0.3, 0.4) is 0 Å². The third kappa shape index (κ3) is 2.86. The molecule has 0 amide bonds. The van der Waals surface area contributed by atoms with Gasteiger partial charge in [-0.1, -0.05) is 0 Å². The van der Waals surface area contributed by atoms with Gasteiger partial charge in [0, 0.05) is 6.92 Å². The summed E-state index contributed by atoms with van der Waals surface area (Å²) >= 11 is 0. The lowest BCUT2D eigenvalue weighted by Crippen LogP contribution is -2.62. The van der Waals surface area contributed by atoms with Crippen LogP contribution in [0.15, 0.2) is 0 Å². The minimum absolute atomic E-state index is 0.239. The van der Waals surface area contributed by atoms with Crippen molar-refractivity contribution in [2.24, 2.45) is 5.73 Å². The number of nitrogens with two attached hydrogens (primary N) is 1. The van der Waals surface area contributed by atoms with Crippen LogP contribution in [0.5, 0.6) is 0 Å². The lowest BCUT2D eigenvalue weighted by molar-refractivity contribution is -0.250. The van der Waals surface area contributed by atoms with E-state index in [2.05, 4.69) is 4.74 Å². The van der Waals surface area contributed by atoms with Crippen molar-refractivity contribution in [3.8, 4) is 0 Å². The maximum Gasteiger partial charge on any atom is 0.302 e. The summed E-state index contributed by atoms with van der Waals surface area (Å²) in [5, 5.41) is 28.1. The molecule has 0 aliphatic carbocycles. The van der Waals surface area contributed by atoms with E-state index in [0.29, 0.717) is 0 Å². The van der Waals surface area contributed by atoms with Gasteiger partial charge in [-0.3, -0.25) is 4.79 Å². The van der Waals surface area contributed by atoms with Crippen molar-refractivity contribution in [1.82, 2.24) is 0 Å². The fraction of sp³-hybridized carbons (Fsp3) is 0.875. The number of carbonyl (C=O) groups is 1. The van der Waals surface area contributed by atoms with Gasteiger partial charge in [0.1, 0.15) is 24.9 Å². The molecule has 5 unspecified atom stereocenters. The van der Waals surface area contributed by atoms with Crippen molar-refractivity contribution in [2.75, 3.05) is 6.61 Å². The van der Waals surface area contributed by atoms with E-state index in [0.717, 1.165) is 0 Å². The van der Waals surface area contributed by atoms with Crippen molar-refractivity contribution in [3.63, 3.8) is 0 Å². The van der Waals surface area contributed by atoms with Crippen LogP contribution in [-0.2, 0) is 14.3 Å². The van der Waals surface area contributed by atoms with Gasteiger partial charge in [-0.2, -0.15) is 0 Å². The first-order valence-electron chi connectivity index (χ1n) is 4.52. The Labute approximate surface area is 86.4 Å². The molecule has 0 saturated carbocycles. The van der Waals surface area contributed by atoms with E-state index >= 15 is 0 Å². The van der Waals surface area contributed by atoms with Crippen molar-refractivity contribution in [2.45, 2.75) is 37.6 Å². The SMILES string of the molecule is CC(=O)OCC1OC(O)C(N)C(O)C1O. The minimum atomic E-state index is -1.39. The van der Waals surface area contributed by atoms with Gasteiger partial charge in [-0.15, -0.1) is 0 Å². The van der Waals surface area contributed by atoms with Crippen molar-refractivity contribution >= 4 is 5.97 Å². The molecule has 1 heterocycles. The van der Waals surface area contributed by atoms with Crippen LogP contribution in [-0.4, -0.2) is 58.5 Å². The van der Waals surface area contributed by atoms with Crippen LogP contribution < -0.4 is 5.73 Å². The first-order valence-corrected chi connectivity index (χ1v) is 4.52. The highest BCUT2D eigenvalue weighted by Gasteiger charge is 2.42. The van der Waals surface area contributed by atoms with Gasteiger partial charge >= 0.3 is 5.97 Å². The molecular weight excluding hydrogens is 206 g/mol. The lowest BCUT2D eigenvalue weighted by Gasteiger charge is -2.38. The number of hydrogen-bond acceptors (Lipinski definition) is 7. The Hall–Kier alpha value is -0.730. The number of aliphatic hydroxyl groups excluding tert-OH is 3. The molecule has 1 aliphatic rings. The highest BCUT2D eigenvalue weighted by atomic mass is 16.6. The fourth-order valence-electron chi connectivity index (χ4n) is 1.30. The maximum atomic E-state index is 10.5. The zero-order valence-corrected chi connectivity index (χ0v) is 8.24. The van der Waals surface area contributed by atoms with Gasteiger partial charge < -0.3 is 30.5 Å². The summed E-state index contributed by atoms with van der Waals surface area (Å²) < 4.78 is 9.47. The highest BCUT2D eigenvalue weighted by molar-refractivity contribution is 5.65. The molecule has 7 heteroatoms. The minimum Gasteiger partial charge on any atom is -0.463 e. The van der Waals surface area contributed by atoms with E-state index in [1.54, 1.807) is 0 Å². The number of aliphatic hydroxyl groups is 3. The van der Waals surface area contributed by atoms with Crippen LogP contribution in [0.25, 0.3) is 0 Å². The molecular formula is C8H15NO6. The molecule has 1 rings (SSSR count). The summed E-state index contributed by atoms with van der Waals surface area (Å²) in [6, 6.07) is -1.08. The molecule has 1 fully saturated rings. The summed E-state index contributed by atoms with van der Waals surface area (Å²) in [5.74, 6) is -0.537. The fourth-order valence-corrected chi connectivity index (χ4v) is 1.30. The smallest absolute Gasteiger partial charge is 0.302 e. The van der Waals surface area contributed by atoms with Crippen molar-refractivity contribution in [3.05, 3.63) is 0 Å². The number of rotatable bonds is 2. The molecule has 5 atom stereocenters. The van der Waals surface area contributed by atoms with Crippen LogP contribution >= 0.6 is 0 Å². The Kier molecular flexibility index (Phi) is 4.00. The second kappa shape index (κ2) is 4.86. The molecule has 1 saturated heterocycles. The van der Waals surface area contributed by atoms with Crippen LogP contribution in [0.2, 0.25) is 0 Å². The van der Waals surface area contributed by atoms with E-state index in [4.69, 9.17) is 10.5 Å². The Morgan fingerprint density at radius 3 is 2.53 bits per heavy atom. The largest absolute Gasteiger partial charge is 0.463 e. The molecule has 0 bridgehead atoms. The summed E-state index contributed by atoms with van der Waals surface area (Å²) in [4.78, 5) is 10.5. The van der Waals surface area contributed by atoms with Crippen molar-refractivity contribution in [1.29, 1.82) is 0 Å². The van der Waals surface area contributed by atoms with Gasteiger partial charge in [0.15, 0.2) is 6.29 Å². The van der Waals surface area contributed by atoms with Crippen LogP contribution in [0, 0.1) is 0 Å². The average molecular weight is 221 g/mol. The van der Waals surface area contributed by atoms with E-state index in [1.165, 1.54) is 6.92 Å². The third-order valence-electron chi connectivity index (χ3n) is 2.22. The molecule has 7 nitrogen and oxygen atoms in total. The highest BCUT2D eigenvalue weighted by Crippen LogP contribution is 2.18. The van der Waals surface area contributed by atoms with Gasteiger partial charge in [-0.05, 0) is 0 Å². The molecule has 0 radical (unpaired) electrons. The molecule has 5 N–H and O–H groups in total. The predicted octanol–water partition coefficient (Wildman–Crippen LogP) is -2.68. The molecule has 15 heavy (non-hydrogen) atoms. The topological polar surface area (TPSA) is 122 Å². The van der Waals surface area contributed by atoms with Crippen LogP contribution in [0.1, 0.15) is 6.92 Å². The second-order valence-electron chi connectivity index (χ2n) is 3.43. The Morgan fingerprint density at radius 1 is 1.40 bits per heavy atom. The van der Waals surface area contributed by atoms with Crippen LogP contribution in [0.4, 0.5) is 0 Å². The van der Waals surface area contributed by atoms with Gasteiger partial charge in [0.2, 0.25) is 0 Å². The molecule has 0 aromatic rings. The van der Waals surface area contributed by atoms with Gasteiger partial charge in [0.25, 0.3) is 0 Å². The summed E-state index contributed by atoms with van der Waals surface area (Å²) in [6.07, 6.45) is -4.96. The normalized spacial score (nSPS) is 41.3. The van der Waals surface area contributed by atoms with E-state index in [9.17, 15) is 20.1 Å². The Balaban J connectivity index is 2.54. The molecule has 1 aliphatic heterocycles. The zero-order chi connectivity index (χ0) is 11.6. The standard InChI is InChI=1S/C8H15NO6/c1-3(10)14-2-4-6(11)7(12)5(9)8(13)15-4/h4-8,11-13H,2,9H2,1H3. The maximum absolute atomic E-state index is 10.5.